The van der Waals surface area contributed by atoms with Gasteiger partial charge in [0.1, 0.15) is 12.1 Å². The van der Waals surface area contributed by atoms with Gasteiger partial charge in [0, 0.05) is 6.42 Å². The van der Waals surface area contributed by atoms with Crippen molar-refractivity contribution in [2.45, 2.75) is 50.9 Å². The van der Waals surface area contributed by atoms with Gasteiger partial charge in [0.25, 0.3) is 0 Å². The van der Waals surface area contributed by atoms with Crippen LogP contribution in [0.3, 0.4) is 0 Å². The van der Waals surface area contributed by atoms with Crippen molar-refractivity contribution >= 4 is 17.8 Å². The number of ether oxygens (including phenoxy) is 2. The lowest BCUT2D eigenvalue weighted by Crippen LogP contribution is -2.45. The molecule has 3 atom stereocenters. The second-order valence-corrected chi connectivity index (χ2v) is 4.53. The van der Waals surface area contributed by atoms with Crippen molar-refractivity contribution in [3.05, 3.63) is 0 Å². The molecule has 1 aliphatic rings. The average Bonchev–Trinajstić information content (AvgIpc) is 2.80. The van der Waals surface area contributed by atoms with Gasteiger partial charge in [0.15, 0.2) is 0 Å². The predicted octanol–water partition coefficient (Wildman–Crippen LogP) is 0.0765. The van der Waals surface area contributed by atoms with E-state index in [1.165, 1.54) is 7.11 Å². The quantitative estimate of drug-likeness (QED) is 0.664. The molecule has 0 spiro atoms. The number of carbonyl (C=O) groups excluding carboxylic acids is 2. The largest absolute Gasteiger partial charge is 0.480 e. The predicted molar refractivity (Wildman–Crippen MR) is 64.4 cm³/mol. The molecule has 0 radical (unpaired) electrons. The van der Waals surface area contributed by atoms with E-state index in [0.717, 1.165) is 6.42 Å². The van der Waals surface area contributed by atoms with Crippen LogP contribution in [0.1, 0.15) is 32.6 Å². The van der Waals surface area contributed by atoms with E-state index in [1.54, 1.807) is 0 Å². The van der Waals surface area contributed by atoms with E-state index < -0.39 is 30.0 Å². The van der Waals surface area contributed by atoms with Gasteiger partial charge >= 0.3 is 11.9 Å². The van der Waals surface area contributed by atoms with Gasteiger partial charge < -0.3 is 19.9 Å². The third-order valence-electron chi connectivity index (χ3n) is 3.00. The third kappa shape index (κ3) is 4.86. The normalized spacial score (nSPS) is 23.7. The molecule has 108 valence electrons. The average molecular weight is 273 g/mol. The Morgan fingerprint density at radius 3 is 2.58 bits per heavy atom. The fourth-order valence-electron chi connectivity index (χ4n) is 1.88. The minimum atomic E-state index is -1.18. The Labute approximate surface area is 111 Å². The van der Waals surface area contributed by atoms with E-state index in [4.69, 9.17) is 9.84 Å². The number of aliphatic carboxylic acids is 1. The summed E-state index contributed by atoms with van der Waals surface area (Å²) in [7, 11) is 1.23. The van der Waals surface area contributed by atoms with Crippen LogP contribution in [0.25, 0.3) is 0 Å². The first-order valence-corrected chi connectivity index (χ1v) is 6.19. The third-order valence-corrected chi connectivity index (χ3v) is 3.00. The minimum Gasteiger partial charge on any atom is -0.480 e. The molecule has 0 aliphatic carbocycles. The monoisotopic (exact) mass is 273 g/mol. The number of carboxylic acids is 1. The van der Waals surface area contributed by atoms with Gasteiger partial charge in [-0.1, -0.05) is 0 Å². The Balaban J connectivity index is 2.46. The smallest absolute Gasteiger partial charge is 0.326 e. The highest BCUT2D eigenvalue weighted by Gasteiger charge is 2.31. The molecular formula is C12H19NO6. The second-order valence-electron chi connectivity index (χ2n) is 4.53. The topological polar surface area (TPSA) is 102 Å². The molecule has 2 N–H and O–H groups in total. The maximum absolute atomic E-state index is 11.8. The number of amides is 1. The van der Waals surface area contributed by atoms with Gasteiger partial charge in [-0.25, -0.2) is 4.79 Å². The highest BCUT2D eigenvalue weighted by atomic mass is 16.5. The van der Waals surface area contributed by atoms with Gasteiger partial charge in [-0.15, -0.1) is 0 Å². The number of nitrogens with one attached hydrogen (secondary N) is 1. The van der Waals surface area contributed by atoms with Gasteiger partial charge in [-0.3, -0.25) is 9.59 Å². The minimum absolute atomic E-state index is 0.00395. The van der Waals surface area contributed by atoms with Crippen LogP contribution < -0.4 is 5.32 Å². The van der Waals surface area contributed by atoms with Gasteiger partial charge in [-0.05, 0) is 26.2 Å². The maximum Gasteiger partial charge on any atom is 0.326 e. The molecule has 2 unspecified atom stereocenters. The summed E-state index contributed by atoms with van der Waals surface area (Å²) in [4.78, 5) is 33.8. The van der Waals surface area contributed by atoms with Crippen LogP contribution in [0.4, 0.5) is 0 Å². The number of esters is 1. The zero-order chi connectivity index (χ0) is 14.4. The highest BCUT2D eigenvalue weighted by Crippen LogP contribution is 2.19. The molecule has 1 aliphatic heterocycles. The van der Waals surface area contributed by atoms with E-state index in [2.05, 4.69) is 10.1 Å². The summed E-state index contributed by atoms with van der Waals surface area (Å²) in [6, 6.07) is -1.11. The first-order chi connectivity index (χ1) is 8.93. The lowest BCUT2D eigenvalue weighted by atomic mass is 10.1. The maximum atomic E-state index is 11.8. The molecule has 1 saturated heterocycles. The Morgan fingerprint density at radius 1 is 1.42 bits per heavy atom. The standard InChI is InChI=1S/C12H19NO6/c1-7-3-5-9(19-7)11(15)13-8(12(16)17)4-6-10(14)18-2/h7-9H,3-6H2,1-2H3,(H,13,15)(H,16,17)/t7?,8-,9?/m0/s1. The van der Waals surface area contributed by atoms with E-state index in [-0.39, 0.29) is 18.9 Å². The molecule has 1 amide bonds. The molecule has 0 aromatic carbocycles. The van der Waals surface area contributed by atoms with Crippen molar-refractivity contribution in [2.24, 2.45) is 0 Å². The van der Waals surface area contributed by atoms with E-state index in [1.807, 2.05) is 6.92 Å². The lowest BCUT2D eigenvalue weighted by Gasteiger charge is -2.17. The summed E-state index contributed by atoms with van der Waals surface area (Å²) < 4.78 is 9.78. The van der Waals surface area contributed by atoms with Gasteiger partial charge in [0.05, 0.1) is 13.2 Å². The first-order valence-electron chi connectivity index (χ1n) is 6.19. The summed E-state index contributed by atoms with van der Waals surface area (Å²) >= 11 is 0. The second kappa shape index (κ2) is 7.08. The van der Waals surface area contributed by atoms with Crippen molar-refractivity contribution in [3.63, 3.8) is 0 Å². The lowest BCUT2D eigenvalue weighted by molar-refractivity contribution is -0.145. The molecule has 0 aromatic rings. The number of hydrogen-bond donors (Lipinski definition) is 2. The molecule has 7 heteroatoms. The van der Waals surface area contributed by atoms with Crippen LogP contribution in [0.15, 0.2) is 0 Å². The van der Waals surface area contributed by atoms with Gasteiger partial charge in [0.2, 0.25) is 5.91 Å². The zero-order valence-electron chi connectivity index (χ0n) is 11.0. The van der Waals surface area contributed by atoms with Crippen molar-refractivity contribution in [1.29, 1.82) is 0 Å². The molecular weight excluding hydrogens is 254 g/mol. The van der Waals surface area contributed by atoms with Crippen molar-refractivity contribution in [2.75, 3.05) is 7.11 Å². The molecule has 7 nitrogen and oxygen atoms in total. The van der Waals surface area contributed by atoms with Crippen molar-refractivity contribution in [1.82, 2.24) is 5.32 Å². The summed E-state index contributed by atoms with van der Waals surface area (Å²) in [5.41, 5.74) is 0. The van der Waals surface area contributed by atoms with Crippen LogP contribution in [-0.2, 0) is 23.9 Å². The van der Waals surface area contributed by atoms with Crippen molar-refractivity contribution in [3.8, 4) is 0 Å². The van der Waals surface area contributed by atoms with Crippen LogP contribution in [0.5, 0.6) is 0 Å². The molecule has 19 heavy (non-hydrogen) atoms. The molecule has 0 saturated carbocycles. The van der Waals surface area contributed by atoms with Crippen LogP contribution in [0, 0.1) is 0 Å². The summed E-state index contributed by atoms with van der Waals surface area (Å²) in [5, 5.41) is 11.4. The summed E-state index contributed by atoms with van der Waals surface area (Å²) in [5.74, 6) is -2.13. The van der Waals surface area contributed by atoms with Crippen LogP contribution in [-0.4, -0.2) is 48.3 Å². The van der Waals surface area contributed by atoms with Crippen LogP contribution >= 0.6 is 0 Å². The fraction of sp³-hybridized carbons (Fsp3) is 0.750. The fourth-order valence-corrected chi connectivity index (χ4v) is 1.88. The molecule has 1 rings (SSSR count). The molecule has 1 fully saturated rings. The number of carboxylic acid groups (broad SMARTS) is 1. The van der Waals surface area contributed by atoms with Crippen molar-refractivity contribution < 1.29 is 29.0 Å². The van der Waals surface area contributed by atoms with E-state index in [9.17, 15) is 14.4 Å². The van der Waals surface area contributed by atoms with E-state index in [0.29, 0.717) is 6.42 Å². The highest BCUT2D eigenvalue weighted by molar-refractivity contribution is 5.86. The summed E-state index contributed by atoms with van der Waals surface area (Å²) in [6.45, 7) is 1.86. The Bertz CT molecular complexity index is 356. The Kier molecular flexibility index (Phi) is 5.75. The SMILES string of the molecule is COC(=O)CC[C@H](NC(=O)C1CCC(C)O1)C(=O)O. The van der Waals surface area contributed by atoms with Gasteiger partial charge in [-0.2, -0.15) is 0 Å². The van der Waals surface area contributed by atoms with E-state index >= 15 is 0 Å². The molecule has 0 bridgehead atoms. The number of rotatable bonds is 6. The Morgan fingerprint density at radius 2 is 2.11 bits per heavy atom. The summed E-state index contributed by atoms with van der Waals surface area (Å²) in [6.07, 6.45) is 0.698. The zero-order valence-corrected chi connectivity index (χ0v) is 11.0. The number of carbonyl (C=O) groups is 3. The first kappa shape index (κ1) is 15.4. The number of methoxy groups -OCH3 is 1. The molecule has 0 aromatic heterocycles. The number of hydrogen-bond acceptors (Lipinski definition) is 5. The Hall–Kier alpha value is -1.63. The van der Waals surface area contributed by atoms with Crippen LogP contribution in [0.2, 0.25) is 0 Å². The molecule has 1 heterocycles.